The maximum Gasteiger partial charge on any atom is 0.258 e. The Morgan fingerprint density at radius 2 is 2.19 bits per heavy atom. The van der Waals surface area contributed by atoms with Crippen LogP contribution in [-0.4, -0.2) is 46.1 Å². The van der Waals surface area contributed by atoms with Crippen molar-refractivity contribution in [1.82, 2.24) is 19.6 Å². The van der Waals surface area contributed by atoms with Crippen molar-refractivity contribution in [3.8, 4) is 11.6 Å². The van der Waals surface area contributed by atoms with Gasteiger partial charge in [-0.1, -0.05) is 0 Å². The van der Waals surface area contributed by atoms with Crippen molar-refractivity contribution >= 4 is 28.9 Å². The molecule has 0 unspecified atom stereocenters. The average Bonchev–Trinajstić information content (AvgIpc) is 3.08. The third kappa shape index (κ3) is 2.77. The number of ether oxygens (including phenoxy) is 2. The summed E-state index contributed by atoms with van der Waals surface area (Å²) in [6, 6.07) is 5.34. The molecule has 0 saturated heterocycles. The van der Waals surface area contributed by atoms with Gasteiger partial charge in [0, 0.05) is 19.5 Å². The Labute approximate surface area is 149 Å². The van der Waals surface area contributed by atoms with Crippen LogP contribution in [0.1, 0.15) is 23.2 Å². The summed E-state index contributed by atoms with van der Waals surface area (Å²) in [5.41, 5.74) is 0.986. The van der Waals surface area contributed by atoms with E-state index in [0.717, 1.165) is 0 Å². The molecule has 0 atom stereocenters. The lowest BCUT2D eigenvalue weighted by Crippen LogP contribution is -2.06. The molecule has 3 aromatic heterocycles. The van der Waals surface area contributed by atoms with Gasteiger partial charge in [0.05, 0.1) is 25.5 Å². The van der Waals surface area contributed by atoms with Crippen LogP contribution in [0.25, 0.3) is 5.65 Å². The van der Waals surface area contributed by atoms with E-state index in [1.165, 1.54) is 0 Å². The molecule has 2 N–H and O–H groups in total. The molecule has 0 radical (unpaired) electrons. The Bertz CT molecular complexity index is 984. The first-order chi connectivity index (χ1) is 12.7. The van der Waals surface area contributed by atoms with E-state index in [1.807, 2.05) is 0 Å². The SMILES string of the molecule is CNc1cc2nc3c(cnn13)C(=O)CCCOc1nc(ccc1OC)N2. The molecule has 4 rings (SSSR count). The van der Waals surface area contributed by atoms with Crippen LogP contribution in [0, 0.1) is 0 Å². The van der Waals surface area contributed by atoms with Gasteiger partial charge in [-0.25, -0.2) is 4.98 Å². The molecule has 4 bridgehead atoms. The highest BCUT2D eigenvalue weighted by Gasteiger charge is 2.18. The smallest absolute Gasteiger partial charge is 0.258 e. The topological polar surface area (TPSA) is 103 Å². The summed E-state index contributed by atoms with van der Waals surface area (Å²) in [4.78, 5) is 21.6. The van der Waals surface area contributed by atoms with Crippen LogP contribution in [0.5, 0.6) is 11.6 Å². The zero-order chi connectivity index (χ0) is 18.1. The standard InChI is InChI=1S/C17H18N6O3/c1-18-15-8-14-20-13-6-5-12(25-2)17(22-13)26-7-3-4-11(24)10-9-19-23(15)16(10)21-14/h5-6,8-9,18H,3-4,7H2,1-2H3,(H,20,21,22). The zero-order valence-corrected chi connectivity index (χ0v) is 14.4. The molecule has 0 saturated carbocycles. The molecule has 134 valence electrons. The van der Waals surface area contributed by atoms with Gasteiger partial charge < -0.3 is 20.1 Å². The Morgan fingerprint density at radius 1 is 1.31 bits per heavy atom. The Hall–Kier alpha value is -3.36. The lowest BCUT2D eigenvalue weighted by molar-refractivity contribution is 0.0974. The highest BCUT2D eigenvalue weighted by Crippen LogP contribution is 2.29. The number of Topliss-reactive ketones (excluding diaryl/α,β-unsaturated/α-hetero) is 1. The van der Waals surface area contributed by atoms with Crippen LogP contribution in [0.4, 0.5) is 17.5 Å². The lowest BCUT2D eigenvalue weighted by atomic mass is 10.1. The monoisotopic (exact) mass is 354 g/mol. The molecule has 3 aromatic rings. The number of hydrogen-bond donors (Lipinski definition) is 2. The Kier molecular flexibility index (Phi) is 4.04. The number of anilines is 3. The number of nitrogens with one attached hydrogen (secondary N) is 2. The van der Waals surface area contributed by atoms with E-state index < -0.39 is 0 Å². The highest BCUT2D eigenvalue weighted by atomic mass is 16.5. The van der Waals surface area contributed by atoms with Crippen molar-refractivity contribution in [2.24, 2.45) is 0 Å². The molecule has 9 nitrogen and oxygen atoms in total. The van der Waals surface area contributed by atoms with E-state index in [9.17, 15) is 4.79 Å². The molecular weight excluding hydrogens is 336 g/mol. The molecule has 1 aliphatic heterocycles. The number of aromatic nitrogens is 4. The first-order valence-corrected chi connectivity index (χ1v) is 8.24. The number of ketones is 1. The number of hydrogen-bond acceptors (Lipinski definition) is 8. The second kappa shape index (κ2) is 6.51. The average molecular weight is 354 g/mol. The summed E-state index contributed by atoms with van der Waals surface area (Å²) in [7, 11) is 3.34. The minimum absolute atomic E-state index is 0.0267. The number of nitrogens with zero attached hydrogens (tertiary/aromatic N) is 4. The summed E-state index contributed by atoms with van der Waals surface area (Å²) in [5, 5.41) is 10.5. The molecule has 0 aliphatic carbocycles. The lowest BCUT2D eigenvalue weighted by Gasteiger charge is -2.12. The number of pyridine rings is 1. The zero-order valence-electron chi connectivity index (χ0n) is 14.4. The van der Waals surface area contributed by atoms with E-state index in [4.69, 9.17) is 9.47 Å². The maximum atomic E-state index is 12.6. The van der Waals surface area contributed by atoms with Gasteiger partial charge in [0.25, 0.3) is 5.88 Å². The molecule has 9 heteroatoms. The van der Waals surface area contributed by atoms with Gasteiger partial charge >= 0.3 is 0 Å². The summed E-state index contributed by atoms with van der Waals surface area (Å²) in [6.45, 7) is 0.357. The normalized spacial score (nSPS) is 14.0. The van der Waals surface area contributed by atoms with Crippen LogP contribution in [-0.2, 0) is 0 Å². The molecule has 0 aromatic carbocycles. The molecule has 0 fully saturated rings. The van der Waals surface area contributed by atoms with Gasteiger partial charge in [0.15, 0.2) is 17.2 Å². The van der Waals surface area contributed by atoms with E-state index in [-0.39, 0.29) is 5.78 Å². The van der Waals surface area contributed by atoms with E-state index in [2.05, 4.69) is 25.7 Å². The molecule has 26 heavy (non-hydrogen) atoms. The van der Waals surface area contributed by atoms with Crippen molar-refractivity contribution in [2.45, 2.75) is 12.8 Å². The van der Waals surface area contributed by atoms with Gasteiger partial charge in [0.2, 0.25) is 0 Å². The van der Waals surface area contributed by atoms with Crippen LogP contribution in [0.2, 0.25) is 0 Å². The fraction of sp³-hybridized carbons (Fsp3) is 0.294. The van der Waals surface area contributed by atoms with Gasteiger partial charge in [-0.05, 0) is 18.6 Å². The fourth-order valence-electron chi connectivity index (χ4n) is 2.83. The second-order valence-corrected chi connectivity index (χ2v) is 5.77. The molecular formula is C17H18N6O3. The minimum atomic E-state index is -0.0267. The van der Waals surface area contributed by atoms with Gasteiger partial charge in [-0.2, -0.15) is 14.6 Å². The van der Waals surface area contributed by atoms with Crippen LogP contribution >= 0.6 is 0 Å². The highest BCUT2D eigenvalue weighted by molar-refractivity contribution is 6.01. The maximum absolute atomic E-state index is 12.6. The van der Waals surface area contributed by atoms with Gasteiger partial charge in [-0.3, -0.25) is 4.79 Å². The number of carbonyl (C=O) groups excluding carboxylic acids is 1. The second-order valence-electron chi connectivity index (χ2n) is 5.77. The summed E-state index contributed by atoms with van der Waals surface area (Å²) >= 11 is 0. The first kappa shape index (κ1) is 16.1. The predicted octanol–water partition coefficient (Wildman–Crippen LogP) is 2.27. The molecule has 4 heterocycles. The van der Waals surface area contributed by atoms with Gasteiger partial charge in [-0.15, -0.1) is 0 Å². The number of carbonyl (C=O) groups is 1. The van der Waals surface area contributed by atoms with E-state index in [0.29, 0.717) is 59.7 Å². The Balaban J connectivity index is 1.86. The minimum Gasteiger partial charge on any atom is -0.491 e. The third-order valence-corrected chi connectivity index (χ3v) is 4.12. The van der Waals surface area contributed by atoms with Crippen molar-refractivity contribution < 1.29 is 14.3 Å². The van der Waals surface area contributed by atoms with Crippen LogP contribution in [0.3, 0.4) is 0 Å². The third-order valence-electron chi connectivity index (χ3n) is 4.12. The van der Waals surface area contributed by atoms with Crippen molar-refractivity contribution in [3.63, 3.8) is 0 Å². The van der Waals surface area contributed by atoms with E-state index in [1.54, 1.807) is 43.1 Å². The van der Waals surface area contributed by atoms with Crippen LogP contribution < -0.4 is 20.1 Å². The van der Waals surface area contributed by atoms with Crippen molar-refractivity contribution in [3.05, 3.63) is 30.0 Å². The number of fused-ring (bicyclic) bond motifs is 3. The molecule has 0 amide bonds. The first-order valence-electron chi connectivity index (χ1n) is 8.24. The summed E-state index contributed by atoms with van der Waals surface area (Å²) in [6.07, 6.45) is 2.44. The molecule has 1 aliphatic rings. The number of rotatable bonds is 2. The summed E-state index contributed by atoms with van der Waals surface area (Å²) < 4.78 is 12.6. The largest absolute Gasteiger partial charge is 0.491 e. The quantitative estimate of drug-likeness (QED) is 0.722. The van der Waals surface area contributed by atoms with Gasteiger partial charge in [0.1, 0.15) is 17.5 Å². The van der Waals surface area contributed by atoms with E-state index >= 15 is 0 Å². The summed E-state index contributed by atoms with van der Waals surface area (Å²) in [5.74, 6) is 2.69. The molecule has 0 spiro atoms. The number of methoxy groups -OCH3 is 1. The fourth-order valence-corrected chi connectivity index (χ4v) is 2.83. The predicted molar refractivity (Wildman–Crippen MR) is 95.7 cm³/mol. The van der Waals surface area contributed by atoms with Crippen molar-refractivity contribution in [1.29, 1.82) is 0 Å². The van der Waals surface area contributed by atoms with Crippen LogP contribution in [0.15, 0.2) is 24.4 Å². The Morgan fingerprint density at radius 3 is 3.00 bits per heavy atom. The van der Waals surface area contributed by atoms with Crippen molar-refractivity contribution in [2.75, 3.05) is 31.4 Å².